The number of halogens is 1. The minimum atomic E-state index is -0.323. The zero-order valence-electron chi connectivity index (χ0n) is 6.56. The van der Waals surface area contributed by atoms with Crippen LogP contribution in [0.5, 0.6) is 0 Å². The second-order valence-corrected chi connectivity index (χ2v) is 2.78. The zero-order valence-corrected chi connectivity index (χ0v) is 6.56. The highest BCUT2D eigenvalue weighted by molar-refractivity contribution is 5.89. The summed E-state index contributed by atoms with van der Waals surface area (Å²) in [5.41, 5.74) is 6.94. The lowest BCUT2D eigenvalue weighted by Gasteiger charge is -1.94. The van der Waals surface area contributed by atoms with Gasteiger partial charge in [0.25, 0.3) is 0 Å². The molecule has 0 saturated carbocycles. The van der Waals surface area contributed by atoms with Crippen molar-refractivity contribution in [2.75, 3.05) is 5.73 Å². The summed E-state index contributed by atoms with van der Waals surface area (Å²) in [6.45, 7) is 1.82. The molecule has 0 unspecified atom stereocenters. The molecule has 0 aliphatic heterocycles. The number of hydrogen-bond donors (Lipinski definition) is 2. The smallest absolute Gasteiger partial charge is 0.156 e. The van der Waals surface area contributed by atoms with Crippen LogP contribution in [0.4, 0.5) is 10.2 Å². The number of aryl methyl sites for hydroxylation is 1. The summed E-state index contributed by atoms with van der Waals surface area (Å²) in [6, 6.07) is 3.25. The lowest BCUT2D eigenvalue weighted by Crippen LogP contribution is -1.86. The van der Waals surface area contributed by atoms with Crippen molar-refractivity contribution >= 4 is 16.7 Å². The number of anilines is 1. The molecule has 0 aliphatic carbocycles. The average molecular weight is 165 g/mol. The monoisotopic (exact) mass is 165 g/mol. The summed E-state index contributed by atoms with van der Waals surface area (Å²) in [5, 5.41) is 6.74. The fourth-order valence-corrected chi connectivity index (χ4v) is 1.27. The average Bonchev–Trinajstić information content (AvgIpc) is 2.31. The van der Waals surface area contributed by atoms with Crippen LogP contribution < -0.4 is 5.73 Å². The topological polar surface area (TPSA) is 54.7 Å². The van der Waals surface area contributed by atoms with Crippen LogP contribution in [-0.4, -0.2) is 10.2 Å². The highest BCUT2D eigenvalue weighted by Crippen LogP contribution is 2.22. The van der Waals surface area contributed by atoms with Gasteiger partial charge in [-0.2, -0.15) is 5.10 Å². The van der Waals surface area contributed by atoms with Gasteiger partial charge in [-0.05, 0) is 24.6 Å². The van der Waals surface area contributed by atoms with Gasteiger partial charge in [0.2, 0.25) is 0 Å². The second-order valence-electron chi connectivity index (χ2n) is 2.78. The Balaban J connectivity index is 2.93. The van der Waals surface area contributed by atoms with Gasteiger partial charge in [-0.15, -0.1) is 0 Å². The molecule has 0 radical (unpaired) electrons. The number of nitrogens with zero attached hydrogens (tertiary/aromatic N) is 1. The lowest BCUT2D eigenvalue weighted by molar-refractivity contribution is 0.639. The number of nitrogens with two attached hydrogens (primary N) is 1. The minimum absolute atomic E-state index is 0.211. The van der Waals surface area contributed by atoms with Crippen LogP contribution in [0.2, 0.25) is 0 Å². The molecule has 2 aromatic rings. The van der Waals surface area contributed by atoms with Crippen LogP contribution in [0.15, 0.2) is 12.1 Å². The first-order valence-corrected chi connectivity index (χ1v) is 3.58. The summed E-state index contributed by atoms with van der Waals surface area (Å²) in [4.78, 5) is 0. The van der Waals surface area contributed by atoms with E-state index in [1.807, 2.05) is 13.0 Å². The third-order valence-corrected chi connectivity index (χ3v) is 1.79. The maximum Gasteiger partial charge on any atom is 0.156 e. The van der Waals surface area contributed by atoms with Gasteiger partial charge in [0.1, 0.15) is 5.82 Å². The van der Waals surface area contributed by atoms with Crippen molar-refractivity contribution < 1.29 is 4.39 Å². The quantitative estimate of drug-likeness (QED) is 0.622. The van der Waals surface area contributed by atoms with Crippen molar-refractivity contribution in [3.63, 3.8) is 0 Å². The zero-order chi connectivity index (χ0) is 8.72. The summed E-state index contributed by atoms with van der Waals surface area (Å²) >= 11 is 0. The second kappa shape index (κ2) is 2.20. The van der Waals surface area contributed by atoms with Gasteiger partial charge in [0, 0.05) is 0 Å². The van der Waals surface area contributed by atoms with Crippen molar-refractivity contribution in [2.24, 2.45) is 0 Å². The number of aromatic nitrogens is 2. The van der Waals surface area contributed by atoms with E-state index in [2.05, 4.69) is 10.2 Å². The number of aromatic amines is 1. The van der Waals surface area contributed by atoms with Crippen LogP contribution in [0.3, 0.4) is 0 Å². The molecule has 12 heavy (non-hydrogen) atoms. The Labute approximate surface area is 68.4 Å². The van der Waals surface area contributed by atoms with E-state index in [9.17, 15) is 4.39 Å². The third-order valence-electron chi connectivity index (χ3n) is 1.79. The fourth-order valence-electron chi connectivity index (χ4n) is 1.27. The molecule has 4 heteroatoms. The number of benzene rings is 1. The minimum Gasteiger partial charge on any atom is -0.382 e. The fraction of sp³-hybridized carbons (Fsp3) is 0.125. The Morgan fingerprint density at radius 3 is 3.00 bits per heavy atom. The molecule has 0 aliphatic rings. The Bertz CT molecular complexity index is 433. The van der Waals surface area contributed by atoms with E-state index in [1.54, 1.807) is 0 Å². The van der Waals surface area contributed by atoms with E-state index < -0.39 is 0 Å². The first-order chi connectivity index (χ1) is 5.68. The van der Waals surface area contributed by atoms with Gasteiger partial charge in [-0.25, -0.2) is 4.39 Å². The number of H-pyrrole nitrogens is 1. The van der Waals surface area contributed by atoms with E-state index in [-0.39, 0.29) is 11.6 Å². The van der Waals surface area contributed by atoms with Crippen LogP contribution in [-0.2, 0) is 0 Å². The molecule has 62 valence electrons. The van der Waals surface area contributed by atoms with Crippen LogP contribution in [0.1, 0.15) is 5.56 Å². The first-order valence-electron chi connectivity index (χ1n) is 3.58. The largest absolute Gasteiger partial charge is 0.382 e. The Hall–Kier alpha value is -1.58. The van der Waals surface area contributed by atoms with Crippen molar-refractivity contribution in [3.05, 3.63) is 23.5 Å². The Morgan fingerprint density at radius 2 is 2.25 bits per heavy atom. The maximum absolute atomic E-state index is 13.2. The van der Waals surface area contributed by atoms with Crippen molar-refractivity contribution in [2.45, 2.75) is 6.92 Å². The van der Waals surface area contributed by atoms with E-state index >= 15 is 0 Å². The van der Waals surface area contributed by atoms with E-state index in [4.69, 9.17) is 5.73 Å². The normalized spacial score (nSPS) is 10.8. The summed E-state index contributed by atoms with van der Waals surface area (Å²) in [5.74, 6) is -0.112. The van der Waals surface area contributed by atoms with Gasteiger partial charge in [0.05, 0.1) is 10.9 Å². The van der Waals surface area contributed by atoms with Gasteiger partial charge >= 0.3 is 0 Å². The number of rotatable bonds is 0. The van der Waals surface area contributed by atoms with Gasteiger partial charge in [-0.3, -0.25) is 5.10 Å². The predicted molar refractivity (Wildman–Crippen MR) is 45.2 cm³/mol. The van der Waals surface area contributed by atoms with Crippen LogP contribution in [0.25, 0.3) is 10.9 Å². The first kappa shape index (κ1) is 7.09. The highest BCUT2D eigenvalue weighted by atomic mass is 19.1. The van der Waals surface area contributed by atoms with Gasteiger partial charge in [0.15, 0.2) is 5.82 Å². The predicted octanol–water partition coefficient (Wildman–Crippen LogP) is 1.59. The molecular weight excluding hydrogens is 157 g/mol. The molecule has 0 atom stereocenters. The molecule has 0 bridgehead atoms. The van der Waals surface area contributed by atoms with Gasteiger partial charge in [-0.1, -0.05) is 0 Å². The molecule has 2 rings (SSSR count). The molecule has 1 aromatic carbocycles. The third kappa shape index (κ3) is 0.845. The number of nitrogens with one attached hydrogen (secondary N) is 1. The van der Waals surface area contributed by atoms with E-state index in [0.717, 1.165) is 5.56 Å². The molecule has 0 saturated heterocycles. The molecule has 3 N–H and O–H groups in total. The molecule has 0 fully saturated rings. The van der Waals surface area contributed by atoms with Crippen molar-refractivity contribution in [1.82, 2.24) is 10.2 Å². The molecule has 3 nitrogen and oxygen atoms in total. The summed E-state index contributed by atoms with van der Waals surface area (Å²) in [6.07, 6.45) is 0. The molecular formula is C8H8FN3. The SMILES string of the molecule is Cc1cc(F)c2c(N)n[nH]c2c1. The number of fused-ring (bicyclic) bond motifs is 1. The van der Waals surface area contributed by atoms with Gasteiger partial charge < -0.3 is 5.73 Å². The lowest BCUT2D eigenvalue weighted by atomic mass is 10.2. The Morgan fingerprint density at radius 1 is 1.50 bits per heavy atom. The van der Waals surface area contributed by atoms with Crippen LogP contribution in [0, 0.1) is 12.7 Å². The van der Waals surface area contributed by atoms with Crippen molar-refractivity contribution in [1.29, 1.82) is 0 Å². The standard InChI is InChI=1S/C8H8FN3/c1-4-2-5(9)7-6(3-4)11-12-8(7)10/h2-3H,1H3,(H3,10,11,12). The van der Waals surface area contributed by atoms with E-state index in [1.165, 1.54) is 6.07 Å². The van der Waals surface area contributed by atoms with Crippen molar-refractivity contribution in [3.8, 4) is 0 Å². The maximum atomic E-state index is 13.2. The summed E-state index contributed by atoms with van der Waals surface area (Å²) in [7, 11) is 0. The molecule has 0 spiro atoms. The highest BCUT2D eigenvalue weighted by Gasteiger charge is 2.07. The number of hydrogen-bond acceptors (Lipinski definition) is 2. The molecule has 0 amide bonds. The molecule has 1 aromatic heterocycles. The van der Waals surface area contributed by atoms with Crippen LogP contribution >= 0.6 is 0 Å². The summed E-state index contributed by atoms with van der Waals surface area (Å²) < 4.78 is 13.2. The van der Waals surface area contributed by atoms with E-state index in [0.29, 0.717) is 10.9 Å². The molecule has 1 heterocycles. The Kier molecular flexibility index (Phi) is 1.30. The number of nitrogen functional groups attached to an aromatic ring is 1.